The highest BCUT2D eigenvalue weighted by molar-refractivity contribution is 6.36. The first kappa shape index (κ1) is 20.3. The summed E-state index contributed by atoms with van der Waals surface area (Å²) in [6.07, 6.45) is 0.416. The molecule has 3 aliphatic carbocycles. The van der Waals surface area contributed by atoms with Crippen LogP contribution in [-0.4, -0.2) is 44.5 Å². The van der Waals surface area contributed by atoms with Crippen molar-refractivity contribution in [2.45, 2.75) is 72.0 Å². The molecule has 6 unspecified atom stereocenters. The number of hydrogen-bond acceptors (Lipinski definition) is 6. The molecule has 0 saturated heterocycles. The highest BCUT2D eigenvalue weighted by atomic mass is 16.3. The molecule has 3 aliphatic rings. The lowest BCUT2D eigenvalue weighted by Gasteiger charge is -2.39. The Kier molecular flexibility index (Phi) is 4.19. The van der Waals surface area contributed by atoms with E-state index in [2.05, 4.69) is 0 Å². The van der Waals surface area contributed by atoms with Crippen LogP contribution in [-0.2, 0) is 19.2 Å². The molecule has 0 aromatic rings. The summed E-state index contributed by atoms with van der Waals surface area (Å²) in [5.41, 5.74) is -5.86. The van der Waals surface area contributed by atoms with Gasteiger partial charge in [0.05, 0.1) is 11.0 Å². The van der Waals surface area contributed by atoms with Gasteiger partial charge in [0.2, 0.25) is 0 Å². The van der Waals surface area contributed by atoms with Crippen LogP contribution in [0.1, 0.15) is 60.8 Å². The van der Waals surface area contributed by atoms with E-state index in [-0.39, 0.29) is 12.8 Å². The Morgan fingerprint density at radius 1 is 1.22 bits per heavy atom. The van der Waals surface area contributed by atoms with Crippen molar-refractivity contribution in [1.82, 2.24) is 0 Å². The second-order valence-electron chi connectivity index (χ2n) is 9.97. The van der Waals surface area contributed by atoms with Crippen LogP contribution in [0, 0.1) is 34.5 Å². The fourth-order valence-corrected chi connectivity index (χ4v) is 6.32. The fourth-order valence-electron chi connectivity index (χ4n) is 6.32. The molecule has 0 aromatic heterocycles. The normalized spacial score (nSPS) is 41.6. The summed E-state index contributed by atoms with van der Waals surface area (Å²) in [4.78, 5) is 52.2. The van der Waals surface area contributed by atoms with Crippen molar-refractivity contribution in [1.29, 1.82) is 0 Å². The van der Waals surface area contributed by atoms with Crippen LogP contribution in [0.4, 0.5) is 0 Å². The molecule has 6 atom stereocenters. The van der Waals surface area contributed by atoms with Gasteiger partial charge in [0.15, 0.2) is 28.7 Å². The van der Waals surface area contributed by atoms with Crippen molar-refractivity contribution in [2.24, 2.45) is 34.5 Å². The molecule has 150 valence electrons. The van der Waals surface area contributed by atoms with E-state index in [4.69, 9.17) is 0 Å². The molecule has 0 aromatic carbocycles. The quantitative estimate of drug-likeness (QED) is 0.718. The van der Waals surface area contributed by atoms with E-state index in [9.17, 15) is 29.4 Å². The fraction of sp³-hybridized carbons (Fsp3) is 0.810. The van der Waals surface area contributed by atoms with Crippen LogP contribution in [0.15, 0.2) is 0 Å². The number of ketones is 4. The van der Waals surface area contributed by atoms with E-state index in [0.717, 1.165) is 0 Å². The predicted molar refractivity (Wildman–Crippen MR) is 96.6 cm³/mol. The molecular formula is C21H30O6. The number of carbonyl (C=O) groups is 4. The maximum absolute atomic E-state index is 13.5. The minimum Gasteiger partial charge on any atom is -0.390 e. The van der Waals surface area contributed by atoms with Crippen LogP contribution in [0.3, 0.4) is 0 Å². The number of hydrogen-bond donors (Lipinski definition) is 2. The van der Waals surface area contributed by atoms with E-state index in [1.807, 2.05) is 13.8 Å². The van der Waals surface area contributed by atoms with Crippen molar-refractivity contribution >= 4 is 23.1 Å². The molecule has 6 nitrogen and oxygen atoms in total. The molecule has 27 heavy (non-hydrogen) atoms. The number of Topliss-reactive ketones (excluding diaryl/α,β-unsaturated/α-hetero) is 4. The molecule has 2 N–H and O–H groups in total. The Labute approximate surface area is 159 Å². The lowest BCUT2D eigenvalue weighted by atomic mass is 9.66. The summed E-state index contributed by atoms with van der Waals surface area (Å²) in [5, 5.41) is 22.0. The summed E-state index contributed by atoms with van der Waals surface area (Å²) in [6.45, 7) is 10.5. The molecule has 0 heterocycles. The van der Waals surface area contributed by atoms with Gasteiger partial charge >= 0.3 is 0 Å². The predicted octanol–water partition coefficient (Wildman–Crippen LogP) is 1.49. The monoisotopic (exact) mass is 378 g/mol. The zero-order valence-electron chi connectivity index (χ0n) is 17.0. The number of rotatable bonds is 4. The molecule has 0 aliphatic heterocycles. The third-order valence-corrected chi connectivity index (χ3v) is 7.91. The molecule has 3 fully saturated rings. The average molecular weight is 378 g/mol. The maximum atomic E-state index is 13.5. The van der Waals surface area contributed by atoms with E-state index >= 15 is 0 Å². The Morgan fingerprint density at radius 3 is 2.26 bits per heavy atom. The van der Waals surface area contributed by atoms with Gasteiger partial charge in [-0.3, -0.25) is 19.2 Å². The summed E-state index contributed by atoms with van der Waals surface area (Å²) < 4.78 is 0. The molecule has 6 heteroatoms. The highest BCUT2D eigenvalue weighted by Gasteiger charge is 2.84. The largest absolute Gasteiger partial charge is 0.390 e. The van der Waals surface area contributed by atoms with Crippen molar-refractivity contribution in [3.63, 3.8) is 0 Å². The molecule has 1 spiro atoms. The van der Waals surface area contributed by atoms with Crippen molar-refractivity contribution < 1.29 is 29.4 Å². The first-order valence-electron chi connectivity index (χ1n) is 9.79. The van der Waals surface area contributed by atoms with Crippen molar-refractivity contribution in [3.8, 4) is 0 Å². The van der Waals surface area contributed by atoms with E-state index in [0.29, 0.717) is 6.42 Å². The van der Waals surface area contributed by atoms with Crippen molar-refractivity contribution in [2.75, 3.05) is 0 Å². The van der Waals surface area contributed by atoms with Gasteiger partial charge in [-0.05, 0) is 43.9 Å². The Morgan fingerprint density at radius 2 is 1.78 bits per heavy atom. The van der Waals surface area contributed by atoms with Gasteiger partial charge in [-0.25, -0.2) is 0 Å². The van der Waals surface area contributed by atoms with Gasteiger partial charge in [0.25, 0.3) is 0 Å². The Hall–Kier alpha value is -1.40. The second-order valence-corrected chi connectivity index (χ2v) is 9.97. The number of carbonyl (C=O) groups excluding carboxylic acids is 4. The first-order chi connectivity index (χ1) is 12.2. The minimum atomic E-state index is -2.44. The Balaban J connectivity index is 2.20. The zero-order valence-corrected chi connectivity index (χ0v) is 17.0. The van der Waals surface area contributed by atoms with Crippen LogP contribution in [0.25, 0.3) is 0 Å². The highest BCUT2D eigenvalue weighted by Crippen LogP contribution is 2.72. The second kappa shape index (κ2) is 5.57. The van der Waals surface area contributed by atoms with E-state index < -0.39 is 68.8 Å². The lowest BCUT2D eigenvalue weighted by molar-refractivity contribution is -0.157. The topological polar surface area (TPSA) is 109 Å². The molecule has 0 radical (unpaired) electrons. The van der Waals surface area contributed by atoms with Crippen LogP contribution in [0.5, 0.6) is 0 Å². The average Bonchev–Trinajstić information content (AvgIpc) is 3.01. The Bertz CT molecular complexity index is 744. The van der Waals surface area contributed by atoms with Gasteiger partial charge in [0, 0.05) is 12.3 Å². The molecule has 0 bridgehead atoms. The maximum Gasteiger partial charge on any atom is 0.195 e. The van der Waals surface area contributed by atoms with Gasteiger partial charge in [-0.2, -0.15) is 0 Å². The minimum absolute atomic E-state index is 0.0330. The standard InChI is InChI=1S/C21H30O6/c1-7-10(2)15(23)14-16(24)20-9-12(19(5,6)26)18(3,4)11(20)8-13(22)21(20,27)17(14)25/h10-12,14,26-27H,7-9H2,1-6H3. The summed E-state index contributed by atoms with van der Waals surface area (Å²) in [7, 11) is 0. The van der Waals surface area contributed by atoms with Crippen LogP contribution in [0.2, 0.25) is 0 Å². The molecular weight excluding hydrogens is 348 g/mol. The summed E-state index contributed by atoms with van der Waals surface area (Å²) >= 11 is 0. The molecule has 0 amide bonds. The van der Waals surface area contributed by atoms with Gasteiger partial charge in [-0.15, -0.1) is 0 Å². The molecule has 3 saturated carbocycles. The third kappa shape index (κ3) is 2.14. The number of aliphatic hydroxyl groups is 2. The first-order valence-corrected chi connectivity index (χ1v) is 9.79. The molecule has 3 rings (SSSR count). The van der Waals surface area contributed by atoms with Crippen molar-refractivity contribution in [3.05, 3.63) is 0 Å². The van der Waals surface area contributed by atoms with Crippen LogP contribution >= 0.6 is 0 Å². The third-order valence-electron chi connectivity index (χ3n) is 7.91. The van der Waals surface area contributed by atoms with Crippen LogP contribution < -0.4 is 0 Å². The SMILES string of the molecule is CCC(C)C(=O)C1C(=O)C2(O)C(=O)CC3C(C)(C)C(C(C)(C)O)CC32C1=O. The zero-order chi connectivity index (χ0) is 20.7. The van der Waals surface area contributed by atoms with Gasteiger partial charge in [0.1, 0.15) is 5.92 Å². The summed E-state index contributed by atoms with van der Waals surface area (Å²) in [5.74, 6) is -5.79. The van der Waals surface area contributed by atoms with E-state index in [1.165, 1.54) is 0 Å². The summed E-state index contributed by atoms with van der Waals surface area (Å²) in [6, 6.07) is 0. The van der Waals surface area contributed by atoms with Gasteiger partial charge in [-0.1, -0.05) is 27.7 Å². The van der Waals surface area contributed by atoms with Gasteiger partial charge < -0.3 is 10.2 Å². The lowest BCUT2D eigenvalue weighted by Crippen LogP contribution is -2.53. The smallest absolute Gasteiger partial charge is 0.195 e. The van der Waals surface area contributed by atoms with E-state index in [1.54, 1.807) is 27.7 Å².